The van der Waals surface area contributed by atoms with Gasteiger partial charge in [-0.15, -0.1) is 15.0 Å². The fourth-order valence-electron chi connectivity index (χ4n) is 3.37. The fraction of sp³-hybridized carbons (Fsp3) is 0.429. The molecule has 0 radical (unpaired) electrons. The van der Waals surface area contributed by atoms with Crippen molar-refractivity contribution in [2.75, 3.05) is 0 Å². The highest BCUT2D eigenvalue weighted by Gasteiger charge is 2.95. The van der Waals surface area contributed by atoms with Gasteiger partial charge in [-0.2, -0.15) is 74.6 Å². The van der Waals surface area contributed by atoms with Crippen molar-refractivity contribution in [3.8, 4) is 11.4 Å². The number of benzene rings is 2. The van der Waals surface area contributed by atoms with Crippen molar-refractivity contribution in [3.05, 3.63) is 47.5 Å². The zero-order chi connectivity index (χ0) is 32.7. The van der Waals surface area contributed by atoms with E-state index in [0.717, 1.165) is 12.1 Å². The van der Waals surface area contributed by atoms with Crippen molar-refractivity contribution in [3.63, 3.8) is 0 Å². The van der Waals surface area contributed by atoms with Gasteiger partial charge in [0.2, 0.25) is 0 Å². The van der Waals surface area contributed by atoms with E-state index in [0.29, 0.717) is 16.4 Å². The van der Waals surface area contributed by atoms with Gasteiger partial charge in [-0.05, 0) is 36.8 Å². The first-order chi connectivity index (χ1) is 18.6. The molecule has 2 aromatic carbocycles. The monoisotopic (exact) mass is 643 g/mol. The van der Waals surface area contributed by atoms with Gasteiger partial charge in [0.05, 0.1) is 0 Å². The number of aryl methyl sites for hydroxylation is 1. The quantitative estimate of drug-likeness (QED) is 0.254. The molecule has 0 bridgehead atoms. The Bertz CT molecular complexity index is 1490. The van der Waals surface area contributed by atoms with Crippen LogP contribution in [0.15, 0.2) is 36.4 Å². The van der Waals surface area contributed by atoms with Crippen LogP contribution in [0.25, 0.3) is 16.7 Å². The van der Waals surface area contributed by atoms with Gasteiger partial charge in [0.15, 0.2) is 0 Å². The predicted octanol–water partition coefficient (Wildman–Crippen LogP) is 7.90. The summed E-state index contributed by atoms with van der Waals surface area (Å²) in [6.45, 7) is 1.52. The topological polar surface area (TPSA) is 50.9 Å². The molecule has 0 spiro atoms. The van der Waals surface area contributed by atoms with Crippen LogP contribution in [0, 0.1) is 6.92 Å². The number of hydrogen-bond donors (Lipinski definition) is 1. The molecule has 0 amide bonds. The summed E-state index contributed by atoms with van der Waals surface area (Å²) in [5.74, 6) is -57.7. The molecule has 1 N–H and O–H groups in total. The predicted molar refractivity (Wildman–Crippen MR) is 105 cm³/mol. The standard InChI is InChI=1S/C21H10F17N3O/c1-8-2-5-12(13(42)6-8)41-39-10-4-3-9(7-11(10)40-41)14(22,23)15(24,25)16(26,27)17(28,29)18(30,31)19(32,33)20(34,35)21(36,37)38/h2-7,42H,1H3. The maximum Gasteiger partial charge on any atom is 0.460 e. The van der Waals surface area contributed by atoms with Gasteiger partial charge < -0.3 is 5.11 Å². The molecule has 1 aromatic heterocycles. The Labute approximate surface area is 220 Å². The van der Waals surface area contributed by atoms with E-state index in [1.54, 1.807) is 0 Å². The lowest BCUT2D eigenvalue weighted by Gasteiger charge is -2.42. The van der Waals surface area contributed by atoms with Crippen LogP contribution < -0.4 is 0 Å². The Balaban J connectivity index is 2.11. The van der Waals surface area contributed by atoms with Gasteiger partial charge in [-0.1, -0.05) is 12.1 Å². The molecule has 0 aliphatic carbocycles. The van der Waals surface area contributed by atoms with E-state index in [-0.39, 0.29) is 17.8 Å². The molecule has 0 saturated carbocycles. The lowest BCUT2D eigenvalue weighted by Crippen LogP contribution is -2.74. The number of nitrogens with zero attached hydrogens (tertiary/aromatic N) is 3. The van der Waals surface area contributed by atoms with Gasteiger partial charge in [-0.3, -0.25) is 0 Å². The molecular formula is C21H10F17N3O. The molecule has 21 heteroatoms. The van der Waals surface area contributed by atoms with Crippen molar-refractivity contribution in [2.45, 2.75) is 54.6 Å². The van der Waals surface area contributed by atoms with E-state index < -0.39 is 70.0 Å². The summed E-state index contributed by atoms with van der Waals surface area (Å²) in [6.07, 6.45) is -7.82. The molecule has 234 valence electrons. The molecule has 4 nitrogen and oxygen atoms in total. The number of alkyl halides is 17. The van der Waals surface area contributed by atoms with E-state index >= 15 is 0 Å². The van der Waals surface area contributed by atoms with E-state index in [4.69, 9.17) is 0 Å². The van der Waals surface area contributed by atoms with Crippen LogP contribution in [0.3, 0.4) is 0 Å². The minimum absolute atomic E-state index is 0.191. The van der Waals surface area contributed by atoms with E-state index in [2.05, 4.69) is 10.2 Å². The maximum absolute atomic E-state index is 14.6. The summed E-state index contributed by atoms with van der Waals surface area (Å²) in [5.41, 5.74) is -3.60. The summed E-state index contributed by atoms with van der Waals surface area (Å²) >= 11 is 0. The molecule has 0 aliphatic rings. The second-order valence-corrected chi connectivity index (χ2v) is 8.70. The molecule has 1 heterocycles. The highest BCUT2D eigenvalue weighted by molar-refractivity contribution is 5.75. The third-order valence-corrected chi connectivity index (χ3v) is 5.81. The van der Waals surface area contributed by atoms with Crippen LogP contribution in [-0.4, -0.2) is 61.8 Å². The molecule has 0 atom stereocenters. The zero-order valence-corrected chi connectivity index (χ0v) is 19.7. The third kappa shape index (κ3) is 4.28. The number of phenolic OH excluding ortho intramolecular Hbond substituents is 1. The van der Waals surface area contributed by atoms with Gasteiger partial charge in [0.25, 0.3) is 0 Å². The number of aromatic nitrogens is 3. The first kappa shape index (κ1) is 33.0. The first-order valence-electron chi connectivity index (χ1n) is 10.5. The average molecular weight is 643 g/mol. The molecule has 0 saturated heterocycles. The maximum atomic E-state index is 14.6. The Hall–Kier alpha value is -3.55. The molecule has 0 aliphatic heterocycles. The number of aromatic hydroxyl groups is 1. The van der Waals surface area contributed by atoms with Crippen LogP contribution in [0.2, 0.25) is 0 Å². The smallest absolute Gasteiger partial charge is 0.460 e. The lowest BCUT2D eigenvalue weighted by molar-refractivity contribution is -0.462. The number of phenols is 1. The molecule has 0 fully saturated rings. The molecule has 3 rings (SSSR count). The summed E-state index contributed by atoms with van der Waals surface area (Å²) in [5, 5.41) is 17.1. The Morgan fingerprint density at radius 3 is 1.48 bits per heavy atom. The van der Waals surface area contributed by atoms with Crippen LogP contribution in [0.4, 0.5) is 74.6 Å². The minimum atomic E-state index is -8.70. The second kappa shape index (κ2) is 9.22. The van der Waals surface area contributed by atoms with Gasteiger partial charge >= 0.3 is 47.6 Å². The Morgan fingerprint density at radius 2 is 1.00 bits per heavy atom. The van der Waals surface area contributed by atoms with Crippen molar-refractivity contribution >= 4 is 11.0 Å². The minimum Gasteiger partial charge on any atom is -0.506 e. The van der Waals surface area contributed by atoms with E-state index in [1.165, 1.54) is 13.0 Å². The fourth-order valence-corrected chi connectivity index (χ4v) is 3.37. The number of halogens is 17. The van der Waals surface area contributed by atoms with Crippen LogP contribution in [-0.2, 0) is 5.92 Å². The highest BCUT2D eigenvalue weighted by atomic mass is 19.4. The summed E-state index contributed by atoms with van der Waals surface area (Å²) in [6, 6.07) is 3.62. The third-order valence-electron chi connectivity index (χ3n) is 5.81. The zero-order valence-electron chi connectivity index (χ0n) is 19.7. The summed E-state index contributed by atoms with van der Waals surface area (Å²) < 4.78 is 230. The van der Waals surface area contributed by atoms with Crippen molar-refractivity contribution in [1.82, 2.24) is 15.0 Å². The van der Waals surface area contributed by atoms with Crippen molar-refractivity contribution in [1.29, 1.82) is 0 Å². The van der Waals surface area contributed by atoms with E-state index in [9.17, 15) is 79.7 Å². The normalized spacial score (nSPS) is 15.0. The average Bonchev–Trinajstić information content (AvgIpc) is 3.25. The van der Waals surface area contributed by atoms with E-state index in [1.807, 2.05) is 0 Å². The van der Waals surface area contributed by atoms with Gasteiger partial charge in [0, 0.05) is 5.56 Å². The molecule has 3 aromatic rings. The van der Waals surface area contributed by atoms with Gasteiger partial charge in [0.1, 0.15) is 22.5 Å². The number of hydrogen-bond acceptors (Lipinski definition) is 3. The molecular weight excluding hydrogens is 633 g/mol. The lowest BCUT2D eigenvalue weighted by atomic mass is 9.87. The first-order valence-corrected chi connectivity index (χ1v) is 10.5. The van der Waals surface area contributed by atoms with Crippen LogP contribution >= 0.6 is 0 Å². The Morgan fingerprint density at radius 1 is 0.548 bits per heavy atom. The number of rotatable bonds is 8. The van der Waals surface area contributed by atoms with Crippen LogP contribution in [0.1, 0.15) is 11.1 Å². The van der Waals surface area contributed by atoms with Gasteiger partial charge in [-0.25, -0.2) is 0 Å². The Kier molecular flexibility index (Phi) is 7.24. The van der Waals surface area contributed by atoms with Crippen LogP contribution in [0.5, 0.6) is 5.75 Å². The molecule has 0 unspecified atom stereocenters. The summed E-state index contributed by atoms with van der Waals surface area (Å²) in [7, 11) is 0. The number of fused-ring (bicyclic) bond motifs is 1. The summed E-state index contributed by atoms with van der Waals surface area (Å²) in [4.78, 5) is 0.506. The van der Waals surface area contributed by atoms with Crippen molar-refractivity contribution < 1.29 is 79.7 Å². The van der Waals surface area contributed by atoms with Crippen molar-refractivity contribution in [2.24, 2.45) is 0 Å². The largest absolute Gasteiger partial charge is 0.506 e. The second-order valence-electron chi connectivity index (χ2n) is 8.70. The highest BCUT2D eigenvalue weighted by Crippen LogP contribution is 2.65. The molecule has 42 heavy (non-hydrogen) atoms. The SMILES string of the molecule is Cc1ccc(-n2nc3ccc(C(F)(F)C(F)(F)C(F)(F)C(F)(F)C(F)(F)C(F)(F)C(F)(F)C(F)(F)F)cc3n2)c(O)c1.